The lowest BCUT2D eigenvalue weighted by atomic mass is 9.85. The Hall–Kier alpha value is -0.890. The topological polar surface area (TPSA) is 82.5 Å². The Balaban J connectivity index is 1.47. The molecule has 0 saturated carbocycles. The van der Waals surface area contributed by atoms with Crippen molar-refractivity contribution in [1.29, 1.82) is 0 Å². The van der Waals surface area contributed by atoms with Gasteiger partial charge >= 0.3 is 0 Å². The van der Waals surface area contributed by atoms with Crippen molar-refractivity contribution in [2.75, 3.05) is 6.61 Å². The molecule has 2 heterocycles. The molecular weight excluding hydrogens is 376 g/mol. The zero-order chi connectivity index (χ0) is 20.3. The van der Waals surface area contributed by atoms with Crippen LogP contribution >= 0.6 is 11.8 Å². The number of benzene rings is 1. The van der Waals surface area contributed by atoms with Crippen molar-refractivity contribution in [1.82, 2.24) is 0 Å². The number of ether oxygens (including phenoxy) is 2. The zero-order valence-electron chi connectivity index (χ0n) is 16.8. The summed E-state index contributed by atoms with van der Waals surface area (Å²) in [6.45, 7) is 6.17. The van der Waals surface area contributed by atoms with E-state index in [0.29, 0.717) is 19.4 Å². The monoisotopic (exact) mass is 408 g/mol. The highest BCUT2D eigenvalue weighted by Crippen LogP contribution is 2.38. The molecule has 8 atom stereocenters. The van der Waals surface area contributed by atoms with Gasteiger partial charge < -0.3 is 24.8 Å². The number of rotatable bonds is 8. The number of thioether (sulfide) groups is 1. The lowest BCUT2D eigenvalue weighted by Crippen LogP contribution is -2.50. The molecule has 28 heavy (non-hydrogen) atoms. The molecule has 0 aliphatic carbocycles. The van der Waals surface area contributed by atoms with E-state index in [1.165, 1.54) is 0 Å². The summed E-state index contributed by atoms with van der Waals surface area (Å²) >= 11 is 1.64. The number of hydrogen-bond donors (Lipinski definition) is 3. The van der Waals surface area contributed by atoms with Gasteiger partial charge in [0.25, 0.3) is 0 Å². The van der Waals surface area contributed by atoms with E-state index in [-0.39, 0.29) is 24.0 Å². The molecule has 2 aliphatic rings. The minimum absolute atomic E-state index is 0.0282. The Morgan fingerprint density at radius 1 is 1.18 bits per heavy atom. The van der Waals surface area contributed by atoms with Gasteiger partial charge in [0.15, 0.2) is 0 Å². The summed E-state index contributed by atoms with van der Waals surface area (Å²) in [5, 5.41) is 32.9. The SMILES string of the molecule is C/C(=C\Sc1ccccc1)C[C@@H]1OC[C@H](C[C@@H]2O[C@H]2[C@@H](C)[C@H](C)O)[C@@H](O)[C@H]1O. The highest BCUT2D eigenvalue weighted by molar-refractivity contribution is 8.02. The van der Waals surface area contributed by atoms with Crippen LogP contribution in [0, 0.1) is 11.8 Å². The third-order valence-corrected chi connectivity index (χ3v) is 6.90. The van der Waals surface area contributed by atoms with E-state index < -0.39 is 24.4 Å². The van der Waals surface area contributed by atoms with Gasteiger partial charge in [0, 0.05) is 16.7 Å². The molecule has 2 aliphatic heterocycles. The maximum Gasteiger partial charge on any atom is 0.107 e. The van der Waals surface area contributed by atoms with Gasteiger partial charge in [0.1, 0.15) is 6.10 Å². The van der Waals surface area contributed by atoms with Crippen molar-refractivity contribution in [3.63, 3.8) is 0 Å². The standard InChI is InChI=1S/C22H32O5S/c1-13(12-28-17-7-5-4-6-8-17)9-18-21(25)20(24)16(11-26-18)10-19-22(27-19)14(2)15(3)23/h4-8,12,14-16,18-25H,9-11H2,1-3H3/b13-12+/t14-,15-,16-,18-,19-,20+,21-,22-/m0/s1. The van der Waals surface area contributed by atoms with Crippen molar-refractivity contribution in [3.05, 3.63) is 41.3 Å². The van der Waals surface area contributed by atoms with Gasteiger partial charge in [-0.3, -0.25) is 0 Å². The first-order valence-corrected chi connectivity index (χ1v) is 10.9. The molecule has 0 amide bonds. The molecular formula is C22H32O5S. The third-order valence-electron chi connectivity index (χ3n) is 5.84. The summed E-state index contributed by atoms with van der Waals surface area (Å²) in [7, 11) is 0. The average molecular weight is 409 g/mol. The van der Waals surface area contributed by atoms with Gasteiger partial charge in [-0.1, -0.05) is 42.5 Å². The van der Waals surface area contributed by atoms with Crippen LogP contribution < -0.4 is 0 Å². The summed E-state index contributed by atoms with van der Waals surface area (Å²) in [4.78, 5) is 1.16. The minimum Gasteiger partial charge on any atom is -0.393 e. The first kappa shape index (κ1) is 21.8. The second-order valence-corrected chi connectivity index (χ2v) is 9.13. The molecule has 3 rings (SSSR count). The van der Waals surface area contributed by atoms with Crippen LogP contribution in [-0.2, 0) is 9.47 Å². The van der Waals surface area contributed by atoms with Crippen molar-refractivity contribution in [2.45, 2.75) is 75.1 Å². The summed E-state index contributed by atoms with van der Waals surface area (Å²) in [5.74, 6) is -0.0790. The van der Waals surface area contributed by atoms with E-state index in [0.717, 1.165) is 10.5 Å². The fraction of sp³-hybridized carbons (Fsp3) is 0.636. The Labute approximate surface area is 171 Å². The largest absolute Gasteiger partial charge is 0.393 e. The summed E-state index contributed by atoms with van der Waals surface area (Å²) < 4.78 is 11.6. The quantitative estimate of drug-likeness (QED) is 0.453. The molecule has 5 nitrogen and oxygen atoms in total. The van der Waals surface area contributed by atoms with Gasteiger partial charge in [-0.15, -0.1) is 0 Å². The van der Waals surface area contributed by atoms with Crippen molar-refractivity contribution in [2.24, 2.45) is 11.8 Å². The van der Waals surface area contributed by atoms with Crippen LogP contribution in [0.1, 0.15) is 33.6 Å². The van der Waals surface area contributed by atoms with Gasteiger partial charge in [-0.25, -0.2) is 0 Å². The molecule has 0 aromatic heterocycles. The van der Waals surface area contributed by atoms with Gasteiger partial charge in [-0.2, -0.15) is 0 Å². The fourth-order valence-corrected chi connectivity index (χ4v) is 4.49. The van der Waals surface area contributed by atoms with Crippen molar-refractivity contribution in [3.8, 4) is 0 Å². The Kier molecular flexibility index (Phi) is 7.59. The molecule has 2 saturated heterocycles. The van der Waals surface area contributed by atoms with Crippen LogP contribution in [0.15, 0.2) is 46.2 Å². The Morgan fingerprint density at radius 3 is 2.57 bits per heavy atom. The lowest BCUT2D eigenvalue weighted by Gasteiger charge is -2.38. The highest BCUT2D eigenvalue weighted by atomic mass is 32.2. The van der Waals surface area contributed by atoms with E-state index in [1.807, 2.05) is 32.0 Å². The maximum absolute atomic E-state index is 10.6. The molecule has 1 aromatic rings. The molecule has 0 radical (unpaired) electrons. The normalized spacial score (nSPS) is 35.4. The van der Waals surface area contributed by atoms with Gasteiger partial charge in [0.05, 0.1) is 37.1 Å². The van der Waals surface area contributed by atoms with Crippen LogP contribution in [0.5, 0.6) is 0 Å². The maximum atomic E-state index is 10.6. The number of aliphatic hydroxyl groups is 3. The number of epoxide rings is 1. The van der Waals surface area contributed by atoms with Crippen LogP contribution in [0.4, 0.5) is 0 Å². The molecule has 0 spiro atoms. The van der Waals surface area contributed by atoms with Crippen LogP contribution in [0.3, 0.4) is 0 Å². The number of hydrogen-bond acceptors (Lipinski definition) is 6. The molecule has 3 N–H and O–H groups in total. The average Bonchev–Trinajstić information content (AvgIpc) is 3.45. The predicted octanol–water partition coefficient (Wildman–Crippen LogP) is 2.98. The van der Waals surface area contributed by atoms with Gasteiger partial charge in [-0.05, 0) is 44.2 Å². The Morgan fingerprint density at radius 2 is 1.89 bits per heavy atom. The van der Waals surface area contributed by atoms with Crippen LogP contribution in [0.2, 0.25) is 0 Å². The van der Waals surface area contributed by atoms with E-state index in [4.69, 9.17) is 9.47 Å². The molecule has 6 heteroatoms. The van der Waals surface area contributed by atoms with E-state index >= 15 is 0 Å². The fourth-order valence-electron chi connectivity index (χ4n) is 3.74. The van der Waals surface area contributed by atoms with Crippen LogP contribution in [0.25, 0.3) is 0 Å². The van der Waals surface area contributed by atoms with E-state index in [2.05, 4.69) is 17.5 Å². The molecule has 0 bridgehead atoms. The number of aliphatic hydroxyl groups excluding tert-OH is 3. The molecule has 0 unspecified atom stereocenters. The molecule has 156 valence electrons. The van der Waals surface area contributed by atoms with E-state index in [1.54, 1.807) is 18.7 Å². The highest BCUT2D eigenvalue weighted by Gasteiger charge is 2.48. The lowest BCUT2D eigenvalue weighted by molar-refractivity contribution is -0.165. The second kappa shape index (κ2) is 9.74. The first-order chi connectivity index (χ1) is 13.4. The molecule has 1 aromatic carbocycles. The van der Waals surface area contributed by atoms with E-state index in [9.17, 15) is 15.3 Å². The first-order valence-electron chi connectivity index (χ1n) is 10.1. The van der Waals surface area contributed by atoms with Crippen molar-refractivity contribution >= 4 is 11.8 Å². The second-order valence-electron chi connectivity index (χ2n) is 8.19. The molecule has 2 fully saturated rings. The zero-order valence-corrected chi connectivity index (χ0v) is 17.6. The third kappa shape index (κ3) is 5.59. The van der Waals surface area contributed by atoms with Gasteiger partial charge in [0.2, 0.25) is 0 Å². The Bertz CT molecular complexity index is 650. The summed E-state index contributed by atoms with van der Waals surface area (Å²) in [5.41, 5.74) is 1.11. The smallest absolute Gasteiger partial charge is 0.107 e. The minimum atomic E-state index is -0.907. The summed E-state index contributed by atoms with van der Waals surface area (Å²) in [6, 6.07) is 10.1. The predicted molar refractivity (Wildman–Crippen MR) is 110 cm³/mol. The van der Waals surface area contributed by atoms with Crippen LogP contribution in [-0.4, -0.2) is 58.6 Å². The summed E-state index contributed by atoms with van der Waals surface area (Å²) in [6.07, 6.45) is -1.25. The van der Waals surface area contributed by atoms with Crippen molar-refractivity contribution < 1.29 is 24.8 Å².